The number of nitrogens with one attached hydrogen (secondary N) is 2. The minimum atomic E-state index is -0.838. The van der Waals surface area contributed by atoms with E-state index in [9.17, 15) is 14.7 Å². The lowest BCUT2D eigenvalue weighted by Gasteiger charge is -2.20. The summed E-state index contributed by atoms with van der Waals surface area (Å²) in [5.74, 6) is -0.803. The van der Waals surface area contributed by atoms with Gasteiger partial charge in [0.2, 0.25) is 0 Å². The Morgan fingerprint density at radius 2 is 1.97 bits per heavy atom. The van der Waals surface area contributed by atoms with Gasteiger partial charge in [-0.15, -0.1) is 0 Å². The molecule has 0 aromatic heterocycles. The smallest absolute Gasteiger partial charge is 0.262 e. The van der Waals surface area contributed by atoms with Crippen molar-refractivity contribution in [1.29, 1.82) is 0 Å². The Balaban J connectivity index is 2.10. The summed E-state index contributed by atoms with van der Waals surface area (Å²) in [4.78, 5) is 25.2. The van der Waals surface area contributed by atoms with Crippen LogP contribution in [0.1, 0.15) is 36.7 Å². The van der Waals surface area contributed by atoms with Gasteiger partial charge < -0.3 is 15.2 Å². The van der Waals surface area contributed by atoms with E-state index in [0.717, 1.165) is 0 Å². The Kier molecular flexibility index (Phi) is 9.39. The van der Waals surface area contributed by atoms with Crippen LogP contribution in [0.2, 0.25) is 10.0 Å². The van der Waals surface area contributed by atoms with Gasteiger partial charge >= 0.3 is 0 Å². The Morgan fingerprint density at radius 3 is 2.58 bits per heavy atom. The third-order valence-corrected chi connectivity index (χ3v) is 5.52. The molecule has 0 aliphatic heterocycles. The largest absolute Gasteiger partial charge is 0.504 e. The first-order valence-corrected chi connectivity index (χ1v) is 11.2. The number of aromatic hydroxyl groups is 1. The second kappa shape index (κ2) is 11.5. The van der Waals surface area contributed by atoms with E-state index in [-0.39, 0.29) is 22.3 Å². The molecule has 1 atom stereocenters. The number of carbonyl (C=O) groups excluding carboxylic acids is 2. The topological polar surface area (TPSA) is 100 Å². The Hall–Kier alpha value is -2.04. The number of carbonyl (C=O) groups is 2. The number of phenols is 1. The third kappa shape index (κ3) is 6.98. The summed E-state index contributed by atoms with van der Waals surface area (Å²) < 4.78 is 5.97. The van der Waals surface area contributed by atoms with Crippen LogP contribution in [0.4, 0.5) is 0 Å². The molecule has 0 spiro atoms. The zero-order valence-corrected chi connectivity index (χ0v) is 20.7. The lowest BCUT2D eigenvalue weighted by atomic mass is 10.0. The standard InChI is InChI=1S/C21H22Cl2IN3O4/c1-4-31-17-8-12(7-16(24)19(17)28)10-25-27-21(30)18(11(2)3)26-20(29)14-6-5-13(22)9-15(14)23/h5-11,18,28H,4H2,1-3H3,(H,26,29)(H,27,30)/b25-10+. The molecule has 2 amide bonds. The summed E-state index contributed by atoms with van der Waals surface area (Å²) in [5.41, 5.74) is 3.28. The maximum absolute atomic E-state index is 12.6. The summed E-state index contributed by atoms with van der Waals surface area (Å²) in [7, 11) is 0. The summed E-state index contributed by atoms with van der Waals surface area (Å²) in [5, 5.41) is 17.3. The number of phenolic OH excluding ortho intramolecular Hbond substituents is 1. The van der Waals surface area contributed by atoms with Crippen molar-refractivity contribution in [2.45, 2.75) is 26.8 Å². The van der Waals surface area contributed by atoms with Gasteiger partial charge in [-0.1, -0.05) is 37.0 Å². The molecule has 2 aromatic carbocycles. The number of rotatable bonds is 8. The van der Waals surface area contributed by atoms with Crippen molar-refractivity contribution in [2.24, 2.45) is 11.0 Å². The zero-order valence-electron chi connectivity index (χ0n) is 17.1. The van der Waals surface area contributed by atoms with Crippen molar-refractivity contribution in [3.05, 3.63) is 55.1 Å². The molecule has 3 N–H and O–H groups in total. The lowest BCUT2D eigenvalue weighted by Crippen LogP contribution is -2.48. The molecule has 0 bridgehead atoms. The lowest BCUT2D eigenvalue weighted by molar-refractivity contribution is -0.123. The molecular weight excluding hydrogens is 556 g/mol. The highest BCUT2D eigenvalue weighted by atomic mass is 127. The van der Waals surface area contributed by atoms with E-state index in [0.29, 0.717) is 26.5 Å². The molecule has 0 heterocycles. The molecule has 10 heteroatoms. The van der Waals surface area contributed by atoms with Crippen LogP contribution < -0.4 is 15.5 Å². The van der Waals surface area contributed by atoms with Gasteiger partial charge in [0.05, 0.1) is 27.0 Å². The predicted octanol–water partition coefficient (Wildman–Crippen LogP) is 4.61. The first kappa shape index (κ1) is 25.2. The highest BCUT2D eigenvalue weighted by molar-refractivity contribution is 14.1. The van der Waals surface area contributed by atoms with Gasteiger partial charge in [-0.2, -0.15) is 5.10 Å². The van der Waals surface area contributed by atoms with E-state index in [4.69, 9.17) is 27.9 Å². The molecule has 31 heavy (non-hydrogen) atoms. The first-order valence-electron chi connectivity index (χ1n) is 9.38. The molecule has 2 aromatic rings. The molecule has 0 radical (unpaired) electrons. The number of nitrogens with zero attached hydrogens (tertiary/aromatic N) is 1. The number of hydrazone groups is 1. The van der Waals surface area contributed by atoms with Crippen molar-refractivity contribution in [3.63, 3.8) is 0 Å². The molecule has 166 valence electrons. The Morgan fingerprint density at radius 1 is 1.26 bits per heavy atom. The fourth-order valence-electron chi connectivity index (χ4n) is 2.60. The van der Waals surface area contributed by atoms with Gasteiger partial charge in [0.15, 0.2) is 11.5 Å². The van der Waals surface area contributed by atoms with Gasteiger partial charge in [-0.3, -0.25) is 9.59 Å². The summed E-state index contributed by atoms with van der Waals surface area (Å²) in [6.07, 6.45) is 1.43. The maximum Gasteiger partial charge on any atom is 0.262 e. The number of amides is 2. The second-order valence-electron chi connectivity index (χ2n) is 6.84. The van der Waals surface area contributed by atoms with E-state index >= 15 is 0 Å². The van der Waals surface area contributed by atoms with Crippen molar-refractivity contribution >= 4 is 63.8 Å². The number of benzene rings is 2. The van der Waals surface area contributed by atoms with E-state index in [1.54, 1.807) is 32.0 Å². The van der Waals surface area contributed by atoms with E-state index in [1.807, 2.05) is 29.5 Å². The van der Waals surface area contributed by atoms with E-state index < -0.39 is 17.9 Å². The number of halogens is 3. The molecule has 7 nitrogen and oxygen atoms in total. The SMILES string of the molecule is CCOc1cc(/C=N/NC(=O)C(NC(=O)c2ccc(Cl)cc2Cl)C(C)C)cc(I)c1O. The van der Waals surface area contributed by atoms with Crippen molar-refractivity contribution < 1.29 is 19.4 Å². The molecule has 0 fully saturated rings. The third-order valence-electron chi connectivity index (χ3n) is 4.15. The minimum Gasteiger partial charge on any atom is -0.504 e. The summed E-state index contributed by atoms with van der Waals surface area (Å²) in [6.45, 7) is 5.81. The Labute approximate surface area is 204 Å². The molecule has 0 aliphatic rings. The maximum atomic E-state index is 12.6. The summed E-state index contributed by atoms with van der Waals surface area (Å²) in [6, 6.07) is 6.97. The van der Waals surface area contributed by atoms with Crippen LogP contribution >= 0.6 is 45.8 Å². The van der Waals surface area contributed by atoms with Crippen molar-refractivity contribution in [1.82, 2.24) is 10.7 Å². The van der Waals surface area contributed by atoms with Gasteiger partial charge in [-0.25, -0.2) is 5.43 Å². The second-order valence-corrected chi connectivity index (χ2v) is 8.84. The molecule has 1 unspecified atom stereocenters. The molecule has 0 saturated heterocycles. The van der Waals surface area contributed by atoms with E-state index in [1.165, 1.54) is 18.3 Å². The van der Waals surface area contributed by atoms with Crippen LogP contribution in [0.25, 0.3) is 0 Å². The average molecular weight is 578 g/mol. The molecule has 0 saturated carbocycles. The first-order chi connectivity index (χ1) is 14.6. The molecular formula is C21H22Cl2IN3O4. The van der Waals surface area contributed by atoms with Crippen LogP contribution in [0.5, 0.6) is 11.5 Å². The average Bonchev–Trinajstić information content (AvgIpc) is 2.69. The van der Waals surface area contributed by atoms with Crippen molar-refractivity contribution in [2.75, 3.05) is 6.61 Å². The van der Waals surface area contributed by atoms with Gasteiger partial charge in [-0.05, 0) is 71.3 Å². The summed E-state index contributed by atoms with van der Waals surface area (Å²) >= 11 is 13.9. The van der Waals surface area contributed by atoms with Gasteiger partial charge in [0.25, 0.3) is 11.8 Å². The number of hydrogen-bond donors (Lipinski definition) is 3. The fraction of sp³-hybridized carbons (Fsp3) is 0.286. The van der Waals surface area contributed by atoms with E-state index in [2.05, 4.69) is 15.8 Å². The minimum absolute atomic E-state index is 0.0482. The number of ether oxygens (including phenoxy) is 1. The van der Waals surface area contributed by atoms with Crippen LogP contribution in [0, 0.1) is 9.49 Å². The van der Waals surface area contributed by atoms with Gasteiger partial charge in [0.1, 0.15) is 6.04 Å². The van der Waals surface area contributed by atoms with Crippen molar-refractivity contribution in [3.8, 4) is 11.5 Å². The van der Waals surface area contributed by atoms with Gasteiger partial charge in [0, 0.05) is 5.02 Å². The highest BCUT2D eigenvalue weighted by Crippen LogP contribution is 2.32. The van der Waals surface area contributed by atoms with Crippen LogP contribution in [-0.4, -0.2) is 35.8 Å². The van der Waals surface area contributed by atoms with Crippen LogP contribution in [-0.2, 0) is 4.79 Å². The molecule has 2 rings (SSSR count). The van der Waals surface area contributed by atoms with Crippen LogP contribution in [0.15, 0.2) is 35.4 Å². The predicted molar refractivity (Wildman–Crippen MR) is 130 cm³/mol. The number of hydrogen-bond acceptors (Lipinski definition) is 5. The Bertz CT molecular complexity index is 999. The molecule has 0 aliphatic carbocycles. The zero-order chi connectivity index (χ0) is 23.1. The monoisotopic (exact) mass is 577 g/mol. The van der Waals surface area contributed by atoms with Crippen LogP contribution in [0.3, 0.4) is 0 Å². The highest BCUT2D eigenvalue weighted by Gasteiger charge is 2.25. The quantitative estimate of drug-likeness (QED) is 0.242. The fourth-order valence-corrected chi connectivity index (χ4v) is 3.72. The normalized spacial score (nSPS) is 12.1.